The summed E-state index contributed by atoms with van der Waals surface area (Å²) in [6.07, 6.45) is 0.819. The van der Waals surface area contributed by atoms with Crippen LogP contribution in [0.25, 0.3) is 6.08 Å². The minimum Gasteiger partial charge on any atom is -0.497 e. The van der Waals surface area contributed by atoms with Gasteiger partial charge in [-0.15, -0.1) is 0 Å². The molecule has 2 aromatic carbocycles. The highest BCUT2D eigenvalue weighted by atomic mass is 19.2. The molecule has 2 rings (SSSR count). The molecule has 1 atom stereocenters. The number of hydrogen-bond acceptors (Lipinski definition) is 4. The van der Waals surface area contributed by atoms with Gasteiger partial charge in [0, 0.05) is 17.8 Å². The van der Waals surface area contributed by atoms with E-state index >= 15 is 0 Å². The first-order valence-electron chi connectivity index (χ1n) is 8.25. The van der Waals surface area contributed by atoms with Gasteiger partial charge < -0.3 is 20.5 Å². The second-order valence-corrected chi connectivity index (χ2v) is 5.78. The first kappa shape index (κ1) is 22.8. The van der Waals surface area contributed by atoms with Gasteiger partial charge >= 0.3 is 0 Å². The zero-order chi connectivity index (χ0) is 22.4. The lowest BCUT2D eigenvalue weighted by Crippen LogP contribution is -2.45. The van der Waals surface area contributed by atoms with E-state index in [0.29, 0.717) is 23.6 Å². The summed E-state index contributed by atoms with van der Waals surface area (Å²) in [6.45, 7) is -0.835. The first-order chi connectivity index (χ1) is 14.2. The van der Waals surface area contributed by atoms with Gasteiger partial charge in [-0.05, 0) is 18.2 Å². The van der Waals surface area contributed by atoms with E-state index in [4.69, 9.17) is 4.74 Å². The monoisotopic (exact) mass is 430 g/mol. The highest BCUT2D eigenvalue weighted by Crippen LogP contribution is 2.24. The third-order valence-corrected chi connectivity index (χ3v) is 3.80. The van der Waals surface area contributed by atoms with Gasteiger partial charge in [-0.2, -0.15) is 0 Å². The minimum atomic E-state index is -2.33. The number of anilines is 1. The number of hydrogen-bond donors (Lipinski definition) is 3. The van der Waals surface area contributed by atoms with Crippen LogP contribution in [0, 0.1) is 29.1 Å². The molecule has 0 aliphatic rings. The summed E-state index contributed by atoms with van der Waals surface area (Å²) >= 11 is 0. The number of aliphatic hydroxyl groups excluding tert-OH is 1. The topological polar surface area (TPSA) is 87.7 Å². The third-order valence-electron chi connectivity index (χ3n) is 3.80. The Morgan fingerprint density at radius 3 is 2.23 bits per heavy atom. The SMILES string of the molecule is COc1cccc(NC(=O)C(CO)NC(=O)C=Cc2c(F)c(F)c(F)c(F)c2F)c1. The highest BCUT2D eigenvalue weighted by Gasteiger charge is 2.25. The number of carbonyl (C=O) groups excluding carboxylic acids is 2. The number of carbonyl (C=O) groups is 2. The smallest absolute Gasteiger partial charge is 0.249 e. The zero-order valence-corrected chi connectivity index (χ0v) is 15.3. The highest BCUT2D eigenvalue weighted by molar-refractivity contribution is 6.00. The molecule has 2 amide bonds. The number of amides is 2. The average Bonchev–Trinajstić information content (AvgIpc) is 2.74. The van der Waals surface area contributed by atoms with Crippen LogP contribution >= 0.6 is 0 Å². The summed E-state index contributed by atoms with van der Waals surface area (Å²) < 4.78 is 71.5. The van der Waals surface area contributed by atoms with E-state index in [9.17, 15) is 36.6 Å². The van der Waals surface area contributed by atoms with E-state index in [1.807, 2.05) is 5.32 Å². The molecule has 2 aromatic rings. The van der Waals surface area contributed by atoms with Crippen LogP contribution in [0.3, 0.4) is 0 Å². The first-order valence-corrected chi connectivity index (χ1v) is 8.25. The molecule has 0 aromatic heterocycles. The fourth-order valence-corrected chi connectivity index (χ4v) is 2.27. The van der Waals surface area contributed by atoms with Crippen LogP contribution < -0.4 is 15.4 Å². The Kier molecular flexibility index (Phi) is 7.48. The number of halogens is 5. The van der Waals surface area contributed by atoms with Crippen LogP contribution in [0.5, 0.6) is 5.75 Å². The molecule has 11 heteroatoms. The number of nitrogens with one attached hydrogen (secondary N) is 2. The minimum absolute atomic E-state index is 0.295. The summed E-state index contributed by atoms with van der Waals surface area (Å²) in [5.41, 5.74) is -1.04. The average molecular weight is 430 g/mol. The van der Waals surface area contributed by atoms with Crippen LogP contribution in [0.4, 0.5) is 27.6 Å². The van der Waals surface area contributed by atoms with Crippen LogP contribution in [0.15, 0.2) is 30.3 Å². The molecule has 0 fully saturated rings. The van der Waals surface area contributed by atoms with Gasteiger partial charge in [0.15, 0.2) is 23.3 Å². The van der Waals surface area contributed by atoms with Crippen molar-refractivity contribution in [2.45, 2.75) is 6.04 Å². The molecule has 0 heterocycles. The zero-order valence-electron chi connectivity index (χ0n) is 15.3. The number of rotatable bonds is 7. The predicted octanol–water partition coefficient (Wildman–Crippen LogP) is 2.52. The molecular weight excluding hydrogens is 415 g/mol. The van der Waals surface area contributed by atoms with Crippen LogP contribution in [-0.2, 0) is 9.59 Å². The van der Waals surface area contributed by atoms with Gasteiger partial charge in [0.25, 0.3) is 0 Å². The molecule has 30 heavy (non-hydrogen) atoms. The van der Waals surface area contributed by atoms with E-state index in [-0.39, 0.29) is 0 Å². The lowest BCUT2D eigenvalue weighted by molar-refractivity contribution is -0.124. The molecular formula is C19H15F5N2O4. The molecule has 3 N–H and O–H groups in total. The Morgan fingerprint density at radius 2 is 1.67 bits per heavy atom. The number of methoxy groups -OCH3 is 1. The quantitative estimate of drug-likeness (QED) is 0.273. The lowest BCUT2D eigenvalue weighted by Gasteiger charge is -2.15. The number of aliphatic hydroxyl groups is 1. The van der Waals surface area contributed by atoms with Crippen molar-refractivity contribution >= 4 is 23.6 Å². The molecule has 0 saturated carbocycles. The molecule has 0 saturated heterocycles. The Bertz CT molecular complexity index is 968. The van der Waals surface area contributed by atoms with Gasteiger partial charge in [-0.1, -0.05) is 6.07 Å². The summed E-state index contributed by atoms with van der Waals surface area (Å²) in [4.78, 5) is 24.1. The third kappa shape index (κ3) is 5.11. The maximum absolute atomic E-state index is 13.6. The standard InChI is InChI=1S/C19H15F5N2O4/c1-30-10-4-2-3-9(7-10)25-19(29)12(8-27)26-13(28)6-5-11-14(20)16(22)18(24)17(23)15(11)21/h2-7,12,27H,8H2,1H3,(H,25,29)(H,26,28). The summed E-state index contributed by atoms with van der Waals surface area (Å²) in [6, 6.07) is 4.71. The van der Waals surface area contributed by atoms with Gasteiger partial charge in [0.05, 0.1) is 19.3 Å². The molecule has 0 aliphatic carbocycles. The Hall–Kier alpha value is -3.47. The van der Waals surface area contributed by atoms with Crippen LogP contribution in [0.2, 0.25) is 0 Å². The van der Waals surface area contributed by atoms with Crippen molar-refractivity contribution < 1.29 is 41.4 Å². The van der Waals surface area contributed by atoms with Crippen molar-refractivity contribution in [3.8, 4) is 5.75 Å². The van der Waals surface area contributed by atoms with Crippen molar-refractivity contribution in [1.29, 1.82) is 0 Å². The van der Waals surface area contributed by atoms with Crippen molar-refractivity contribution in [2.24, 2.45) is 0 Å². The van der Waals surface area contributed by atoms with E-state index in [1.165, 1.54) is 19.2 Å². The Morgan fingerprint density at radius 1 is 1.07 bits per heavy atom. The van der Waals surface area contributed by atoms with Gasteiger partial charge in [0.2, 0.25) is 17.6 Å². The molecule has 6 nitrogen and oxygen atoms in total. The lowest BCUT2D eigenvalue weighted by atomic mass is 10.1. The molecule has 0 spiro atoms. The van der Waals surface area contributed by atoms with E-state index in [2.05, 4.69) is 5.32 Å². The van der Waals surface area contributed by atoms with Crippen molar-refractivity contribution in [1.82, 2.24) is 5.32 Å². The predicted molar refractivity (Wildman–Crippen MR) is 95.9 cm³/mol. The fraction of sp³-hybridized carbons (Fsp3) is 0.158. The number of ether oxygens (including phenoxy) is 1. The van der Waals surface area contributed by atoms with Crippen LogP contribution in [-0.4, -0.2) is 36.7 Å². The van der Waals surface area contributed by atoms with Crippen LogP contribution in [0.1, 0.15) is 5.56 Å². The molecule has 0 bridgehead atoms. The second-order valence-electron chi connectivity index (χ2n) is 5.78. The second kappa shape index (κ2) is 9.83. The summed E-state index contributed by atoms with van der Waals surface area (Å²) in [7, 11) is 1.41. The summed E-state index contributed by atoms with van der Waals surface area (Å²) in [5, 5.41) is 13.8. The molecule has 160 valence electrons. The van der Waals surface area contributed by atoms with E-state index < -0.39 is 59.1 Å². The van der Waals surface area contributed by atoms with Gasteiger partial charge in [-0.3, -0.25) is 9.59 Å². The molecule has 0 radical (unpaired) electrons. The maximum atomic E-state index is 13.6. The van der Waals surface area contributed by atoms with E-state index in [0.717, 1.165) is 0 Å². The summed E-state index contributed by atoms with van der Waals surface area (Å²) in [5.74, 6) is -12.4. The Labute approximate surface area is 167 Å². The normalized spacial score (nSPS) is 12.0. The number of benzene rings is 2. The fourth-order valence-electron chi connectivity index (χ4n) is 2.27. The largest absolute Gasteiger partial charge is 0.497 e. The molecule has 0 aliphatic heterocycles. The van der Waals surface area contributed by atoms with Crippen molar-refractivity contribution in [3.63, 3.8) is 0 Å². The molecule has 1 unspecified atom stereocenters. The maximum Gasteiger partial charge on any atom is 0.249 e. The van der Waals surface area contributed by atoms with Gasteiger partial charge in [-0.25, -0.2) is 22.0 Å². The van der Waals surface area contributed by atoms with Crippen molar-refractivity contribution in [2.75, 3.05) is 19.0 Å². The van der Waals surface area contributed by atoms with E-state index in [1.54, 1.807) is 12.1 Å². The Balaban J connectivity index is 2.11. The van der Waals surface area contributed by atoms with Gasteiger partial charge in [0.1, 0.15) is 11.8 Å². The van der Waals surface area contributed by atoms with Crippen molar-refractivity contribution in [3.05, 3.63) is 65.0 Å².